The molecule has 28 heavy (non-hydrogen) atoms. The highest BCUT2D eigenvalue weighted by molar-refractivity contribution is 6.30. The van der Waals surface area contributed by atoms with Crippen molar-refractivity contribution in [3.8, 4) is 5.75 Å². The SMILES string of the molecule is Fc1ncccc1COc1cc(Cl)ccc1C1CC1NCCC1CCNCC1. The molecule has 2 atom stereocenters. The van der Waals surface area contributed by atoms with Crippen molar-refractivity contribution in [3.63, 3.8) is 0 Å². The van der Waals surface area contributed by atoms with E-state index in [4.69, 9.17) is 16.3 Å². The molecular formula is C22H27ClFN3O. The maximum atomic E-state index is 13.8. The van der Waals surface area contributed by atoms with Gasteiger partial charge in [-0.25, -0.2) is 4.98 Å². The van der Waals surface area contributed by atoms with Crippen LogP contribution in [0.2, 0.25) is 5.02 Å². The molecule has 1 aromatic carbocycles. The summed E-state index contributed by atoms with van der Waals surface area (Å²) in [7, 11) is 0. The van der Waals surface area contributed by atoms with Crippen molar-refractivity contribution in [1.29, 1.82) is 0 Å². The van der Waals surface area contributed by atoms with Crippen LogP contribution in [0.1, 0.15) is 42.7 Å². The standard InChI is InChI=1S/C22H27ClFN3O/c23-17-3-4-18(21(12-17)28-14-16-2-1-8-27-22(16)24)19-13-20(19)26-11-7-15-5-9-25-10-6-15/h1-4,8,12,15,19-20,25-26H,5-7,9-11,13-14H2. The fraction of sp³-hybridized carbons (Fsp3) is 0.500. The fourth-order valence-corrected chi connectivity index (χ4v) is 4.19. The van der Waals surface area contributed by atoms with Gasteiger partial charge >= 0.3 is 0 Å². The summed E-state index contributed by atoms with van der Waals surface area (Å²) in [5.41, 5.74) is 1.59. The van der Waals surface area contributed by atoms with Gasteiger partial charge in [0.2, 0.25) is 5.95 Å². The van der Waals surface area contributed by atoms with Gasteiger partial charge in [0.25, 0.3) is 0 Å². The molecule has 4 nitrogen and oxygen atoms in total. The minimum absolute atomic E-state index is 0.146. The van der Waals surface area contributed by atoms with Gasteiger partial charge in [-0.3, -0.25) is 0 Å². The predicted molar refractivity (Wildman–Crippen MR) is 109 cm³/mol. The van der Waals surface area contributed by atoms with Crippen LogP contribution < -0.4 is 15.4 Å². The smallest absolute Gasteiger partial charge is 0.219 e. The second-order valence-corrected chi connectivity index (χ2v) is 8.25. The molecule has 0 spiro atoms. The Labute approximate surface area is 170 Å². The van der Waals surface area contributed by atoms with Gasteiger partial charge in [-0.05, 0) is 81.1 Å². The van der Waals surface area contributed by atoms with Gasteiger partial charge in [-0.1, -0.05) is 17.7 Å². The van der Waals surface area contributed by atoms with E-state index in [1.807, 2.05) is 18.2 Å². The van der Waals surface area contributed by atoms with Crippen molar-refractivity contribution in [3.05, 3.63) is 58.6 Å². The second-order valence-electron chi connectivity index (χ2n) is 7.81. The van der Waals surface area contributed by atoms with Crippen molar-refractivity contribution in [2.24, 2.45) is 5.92 Å². The summed E-state index contributed by atoms with van der Waals surface area (Å²) in [6, 6.07) is 9.66. The first-order valence-electron chi connectivity index (χ1n) is 10.2. The Bertz CT molecular complexity index is 797. The van der Waals surface area contributed by atoms with Crippen molar-refractivity contribution < 1.29 is 9.13 Å². The molecule has 0 radical (unpaired) electrons. The molecule has 6 heteroatoms. The van der Waals surface area contributed by atoms with Crippen LogP contribution >= 0.6 is 11.6 Å². The Kier molecular flexibility index (Phi) is 6.45. The Balaban J connectivity index is 1.32. The summed E-state index contributed by atoms with van der Waals surface area (Å²) in [5.74, 6) is 1.52. The quantitative estimate of drug-likeness (QED) is 0.645. The van der Waals surface area contributed by atoms with E-state index in [9.17, 15) is 4.39 Å². The number of rotatable bonds is 8. The zero-order valence-corrected chi connectivity index (χ0v) is 16.7. The molecule has 1 aliphatic carbocycles. The monoisotopic (exact) mass is 403 g/mol. The maximum Gasteiger partial charge on any atom is 0.219 e. The highest BCUT2D eigenvalue weighted by Crippen LogP contribution is 2.45. The van der Waals surface area contributed by atoms with Gasteiger partial charge in [-0.2, -0.15) is 4.39 Å². The summed E-state index contributed by atoms with van der Waals surface area (Å²) in [6.45, 7) is 3.52. The van der Waals surface area contributed by atoms with E-state index < -0.39 is 5.95 Å². The third kappa shape index (κ3) is 5.02. The van der Waals surface area contributed by atoms with Gasteiger partial charge in [0.1, 0.15) is 12.4 Å². The number of hydrogen-bond donors (Lipinski definition) is 2. The number of aromatic nitrogens is 1. The molecule has 1 saturated heterocycles. The number of halogens is 2. The summed E-state index contributed by atoms with van der Waals surface area (Å²) in [4.78, 5) is 3.68. The van der Waals surface area contributed by atoms with Crippen LogP contribution in [0, 0.1) is 11.9 Å². The van der Waals surface area contributed by atoms with Crippen LogP contribution in [-0.2, 0) is 6.61 Å². The van der Waals surface area contributed by atoms with Crippen LogP contribution in [0.5, 0.6) is 5.75 Å². The molecule has 0 bridgehead atoms. The Morgan fingerprint density at radius 3 is 2.93 bits per heavy atom. The maximum absolute atomic E-state index is 13.8. The van der Waals surface area contributed by atoms with Crippen molar-refractivity contribution in [1.82, 2.24) is 15.6 Å². The minimum Gasteiger partial charge on any atom is -0.488 e. The third-order valence-electron chi connectivity index (χ3n) is 5.80. The van der Waals surface area contributed by atoms with E-state index >= 15 is 0 Å². The number of benzene rings is 1. The molecular weight excluding hydrogens is 377 g/mol. The minimum atomic E-state index is -0.491. The van der Waals surface area contributed by atoms with E-state index in [1.54, 1.807) is 12.1 Å². The van der Waals surface area contributed by atoms with Gasteiger partial charge in [0.05, 0.1) is 0 Å². The van der Waals surface area contributed by atoms with Gasteiger partial charge < -0.3 is 15.4 Å². The van der Waals surface area contributed by atoms with E-state index in [1.165, 1.54) is 25.5 Å². The van der Waals surface area contributed by atoms with Crippen molar-refractivity contribution in [2.45, 2.75) is 44.2 Å². The van der Waals surface area contributed by atoms with E-state index in [0.717, 1.165) is 43.3 Å². The molecule has 2 aromatic rings. The summed E-state index contributed by atoms with van der Waals surface area (Å²) < 4.78 is 19.7. The average Bonchev–Trinajstić information content (AvgIpc) is 3.47. The molecule has 2 unspecified atom stereocenters. The van der Waals surface area contributed by atoms with Crippen molar-refractivity contribution >= 4 is 11.6 Å². The molecule has 1 aromatic heterocycles. The topological polar surface area (TPSA) is 46.2 Å². The van der Waals surface area contributed by atoms with Gasteiger partial charge in [0.15, 0.2) is 0 Å². The Hall–Kier alpha value is -1.69. The Morgan fingerprint density at radius 1 is 1.25 bits per heavy atom. The zero-order chi connectivity index (χ0) is 19.3. The molecule has 4 rings (SSSR count). The van der Waals surface area contributed by atoms with Crippen molar-refractivity contribution in [2.75, 3.05) is 19.6 Å². The van der Waals surface area contributed by atoms with Crippen LogP contribution in [0.15, 0.2) is 36.5 Å². The molecule has 2 aliphatic rings. The molecule has 150 valence electrons. The van der Waals surface area contributed by atoms with Crippen LogP contribution in [0.25, 0.3) is 0 Å². The predicted octanol–water partition coefficient (Wildman–Crippen LogP) is 4.29. The highest BCUT2D eigenvalue weighted by atomic mass is 35.5. The van der Waals surface area contributed by atoms with Gasteiger partial charge in [-0.15, -0.1) is 0 Å². The molecule has 1 aliphatic heterocycles. The van der Waals surface area contributed by atoms with Crippen LogP contribution in [0.3, 0.4) is 0 Å². The third-order valence-corrected chi connectivity index (χ3v) is 6.04. The normalized spacial score (nSPS) is 22.2. The largest absolute Gasteiger partial charge is 0.488 e. The number of pyridine rings is 1. The lowest BCUT2D eigenvalue weighted by Gasteiger charge is -2.22. The molecule has 0 amide bonds. The molecule has 2 N–H and O–H groups in total. The van der Waals surface area contributed by atoms with Crippen LogP contribution in [0.4, 0.5) is 4.39 Å². The molecule has 1 saturated carbocycles. The second kappa shape index (κ2) is 9.21. The number of piperidine rings is 1. The average molecular weight is 404 g/mol. The van der Waals surface area contributed by atoms with E-state index in [2.05, 4.69) is 15.6 Å². The van der Waals surface area contributed by atoms with E-state index in [0.29, 0.717) is 22.5 Å². The number of hydrogen-bond acceptors (Lipinski definition) is 4. The summed E-state index contributed by atoms with van der Waals surface area (Å²) >= 11 is 6.17. The number of nitrogens with one attached hydrogen (secondary N) is 2. The lowest BCUT2D eigenvalue weighted by Crippen LogP contribution is -2.30. The molecule has 2 fully saturated rings. The van der Waals surface area contributed by atoms with Gasteiger partial charge in [0, 0.05) is 28.7 Å². The Morgan fingerprint density at radius 2 is 2.11 bits per heavy atom. The first-order valence-corrected chi connectivity index (χ1v) is 10.5. The molecule has 2 heterocycles. The van der Waals surface area contributed by atoms with Crippen LogP contribution in [-0.4, -0.2) is 30.7 Å². The first kappa shape index (κ1) is 19.6. The summed E-state index contributed by atoms with van der Waals surface area (Å²) in [5, 5.41) is 7.74. The lowest BCUT2D eigenvalue weighted by atomic mass is 9.95. The zero-order valence-electron chi connectivity index (χ0n) is 16.0. The fourth-order valence-electron chi connectivity index (χ4n) is 4.03. The first-order chi connectivity index (χ1) is 13.7. The lowest BCUT2D eigenvalue weighted by molar-refractivity contribution is 0.294. The summed E-state index contributed by atoms with van der Waals surface area (Å²) in [6.07, 6.45) is 6.36. The number of ether oxygens (including phenoxy) is 1. The highest BCUT2D eigenvalue weighted by Gasteiger charge is 2.39. The van der Waals surface area contributed by atoms with E-state index in [-0.39, 0.29) is 6.61 Å². The number of nitrogens with zero attached hydrogens (tertiary/aromatic N) is 1.